The average molecular weight is 435 g/mol. The van der Waals surface area contributed by atoms with Gasteiger partial charge in [0.05, 0.1) is 17.1 Å². The summed E-state index contributed by atoms with van der Waals surface area (Å²) in [5, 5.41) is 13.9. The first-order valence-electron chi connectivity index (χ1n) is 11.7. The SMILES string of the molecule is [B]c1ccc2c(N3C[C@@H](C)N4Cc5cc(O[C@H]6CCNC6)ccc5[C@H]4C3)ccc(C#N)c2n1. The highest BCUT2D eigenvalue weighted by Gasteiger charge is 2.39. The van der Waals surface area contributed by atoms with Crippen molar-refractivity contribution >= 4 is 30.0 Å². The van der Waals surface area contributed by atoms with Crippen molar-refractivity contribution in [2.75, 3.05) is 31.1 Å². The summed E-state index contributed by atoms with van der Waals surface area (Å²) < 4.78 is 6.22. The first-order valence-corrected chi connectivity index (χ1v) is 11.7. The number of aromatic nitrogens is 1. The lowest BCUT2D eigenvalue weighted by atomic mass is 9.98. The molecule has 0 bridgehead atoms. The molecule has 6 rings (SSSR count). The van der Waals surface area contributed by atoms with E-state index in [-0.39, 0.29) is 6.10 Å². The van der Waals surface area contributed by atoms with Gasteiger partial charge in [0.2, 0.25) is 0 Å². The molecular weight excluding hydrogens is 409 g/mol. The fraction of sp³-hybridized carbons (Fsp3) is 0.385. The first-order chi connectivity index (χ1) is 16.1. The van der Waals surface area contributed by atoms with E-state index in [9.17, 15) is 5.26 Å². The molecule has 2 saturated heterocycles. The fourth-order valence-corrected chi connectivity index (χ4v) is 5.68. The van der Waals surface area contributed by atoms with Gasteiger partial charge in [-0.05, 0) is 66.9 Å². The predicted molar refractivity (Wildman–Crippen MR) is 130 cm³/mol. The number of fused-ring (bicyclic) bond motifs is 4. The number of piperazine rings is 1. The van der Waals surface area contributed by atoms with Gasteiger partial charge >= 0.3 is 0 Å². The number of ether oxygens (including phenoxy) is 1. The molecule has 6 nitrogen and oxygen atoms in total. The molecule has 7 heteroatoms. The van der Waals surface area contributed by atoms with Crippen molar-refractivity contribution in [3.8, 4) is 11.8 Å². The Balaban J connectivity index is 1.31. The Kier molecular flexibility index (Phi) is 5.01. The average Bonchev–Trinajstić information content (AvgIpc) is 3.46. The highest BCUT2D eigenvalue weighted by molar-refractivity contribution is 6.31. The predicted octanol–water partition coefficient (Wildman–Crippen LogP) is 2.41. The van der Waals surface area contributed by atoms with Crippen LogP contribution in [0.5, 0.6) is 5.75 Å². The quantitative estimate of drug-likeness (QED) is 0.638. The second-order valence-electron chi connectivity index (χ2n) is 9.41. The van der Waals surface area contributed by atoms with Crippen LogP contribution in [0.3, 0.4) is 0 Å². The zero-order valence-electron chi connectivity index (χ0n) is 18.8. The summed E-state index contributed by atoms with van der Waals surface area (Å²) in [4.78, 5) is 9.52. The van der Waals surface area contributed by atoms with E-state index in [0.29, 0.717) is 28.8 Å². The summed E-state index contributed by atoms with van der Waals surface area (Å²) in [5.74, 6) is 0.980. The van der Waals surface area contributed by atoms with Gasteiger partial charge in [-0.1, -0.05) is 12.1 Å². The largest absolute Gasteiger partial charge is 0.489 e. The third-order valence-electron chi connectivity index (χ3n) is 7.31. The lowest BCUT2D eigenvalue weighted by Gasteiger charge is -2.44. The Hall–Kier alpha value is -3.08. The van der Waals surface area contributed by atoms with Gasteiger partial charge < -0.3 is 15.0 Å². The van der Waals surface area contributed by atoms with Gasteiger partial charge in [0.1, 0.15) is 25.8 Å². The smallest absolute Gasteiger partial charge is 0.141 e. The number of hydrogen-bond donors (Lipinski definition) is 1. The molecule has 2 radical (unpaired) electrons. The first kappa shape index (κ1) is 20.5. The van der Waals surface area contributed by atoms with Crippen LogP contribution in [-0.4, -0.2) is 56.1 Å². The zero-order chi connectivity index (χ0) is 22.5. The Morgan fingerprint density at radius 2 is 2.09 bits per heavy atom. The number of nitrogens with one attached hydrogen (secondary N) is 1. The van der Waals surface area contributed by atoms with Crippen molar-refractivity contribution in [1.82, 2.24) is 15.2 Å². The van der Waals surface area contributed by atoms with Crippen molar-refractivity contribution in [3.63, 3.8) is 0 Å². The summed E-state index contributed by atoms with van der Waals surface area (Å²) in [6, 6.07) is 17.4. The Bertz CT molecular complexity index is 1270. The summed E-state index contributed by atoms with van der Waals surface area (Å²) in [6.45, 7) is 7.04. The number of anilines is 1. The number of rotatable bonds is 3. The lowest BCUT2D eigenvalue weighted by Crippen LogP contribution is -2.51. The second kappa shape index (κ2) is 8.05. The maximum absolute atomic E-state index is 9.55. The Labute approximate surface area is 195 Å². The van der Waals surface area contributed by atoms with Crippen molar-refractivity contribution < 1.29 is 4.74 Å². The number of nitriles is 1. The summed E-state index contributed by atoms with van der Waals surface area (Å²) in [7, 11) is 5.93. The van der Waals surface area contributed by atoms with Gasteiger partial charge in [0, 0.05) is 43.3 Å². The van der Waals surface area contributed by atoms with Crippen LogP contribution in [-0.2, 0) is 6.54 Å². The van der Waals surface area contributed by atoms with E-state index in [1.807, 2.05) is 18.2 Å². The molecule has 0 amide bonds. The molecule has 1 aromatic heterocycles. The third kappa shape index (κ3) is 3.54. The monoisotopic (exact) mass is 435 g/mol. The van der Waals surface area contributed by atoms with Crippen LogP contribution in [0.15, 0.2) is 42.5 Å². The van der Waals surface area contributed by atoms with E-state index in [2.05, 4.69) is 57.4 Å². The molecule has 4 heterocycles. The molecule has 164 valence electrons. The third-order valence-corrected chi connectivity index (χ3v) is 7.31. The van der Waals surface area contributed by atoms with Gasteiger partial charge in [-0.15, -0.1) is 0 Å². The molecule has 3 atom stereocenters. The van der Waals surface area contributed by atoms with Crippen molar-refractivity contribution in [3.05, 3.63) is 59.2 Å². The van der Waals surface area contributed by atoms with Crippen LogP contribution in [0.2, 0.25) is 0 Å². The van der Waals surface area contributed by atoms with Gasteiger partial charge in [-0.2, -0.15) is 5.26 Å². The van der Waals surface area contributed by atoms with Crippen LogP contribution in [0.1, 0.15) is 36.1 Å². The zero-order valence-corrected chi connectivity index (χ0v) is 18.8. The molecule has 2 fully saturated rings. The minimum atomic E-state index is 0.272. The molecule has 3 aliphatic heterocycles. The normalized spacial score (nSPS) is 24.5. The van der Waals surface area contributed by atoms with Gasteiger partial charge in [-0.3, -0.25) is 9.88 Å². The maximum atomic E-state index is 9.55. The summed E-state index contributed by atoms with van der Waals surface area (Å²) >= 11 is 0. The van der Waals surface area contributed by atoms with Crippen LogP contribution in [0, 0.1) is 11.3 Å². The fourth-order valence-electron chi connectivity index (χ4n) is 5.68. The highest BCUT2D eigenvalue weighted by atomic mass is 16.5. The second-order valence-corrected chi connectivity index (χ2v) is 9.41. The van der Waals surface area contributed by atoms with E-state index < -0.39 is 0 Å². The van der Waals surface area contributed by atoms with Crippen molar-refractivity contribution in [2.45, 2.75) is 38.1 Å². The van der Waals surface area contributed by atoms with Gasteiger partial charge in [-0.25, -0.2) is 0 Å². The van der Waals surface area contributed by atoms with Crippen molar-refractivity contribution in [1.29, 1.82) is 5.26 Å². The molecule has 0 spiro atoms. The van der Waals surface area contributed by atoms with Crippen LogP contribution in [0.4, 0.5) is 5.69 Å². The van der Waals surface area contributed by atoms with Crippen LogP contribution >= 0.6 is 0 Å². The van der Waals surface area contributed by atoms with Crippen LogP contribution in [0.25, 0.3) is 10.9 Å². The van der Waals surface area contributed by atoms with E-state index >= 15 is 0 Å². The number of nitrogens with zero attached hydrogens (tertiary/aromatic N) is 4. The molecular formula is C26H26BN5O. The molecule has 0 saturated carbocycles. The maximum Gasteiger partial charge on any atom is 0.141 e. The highest BCUT2D eigenvalue weighted by Crippen LogP contribution is 2.42. The number of hydrogen-bond acceptors (Lipinski definition) is 6. The number of pyridine rings is 1. The Morgan fingerprint density at radius 1 is 1.18 bits per heavy atom. The van der Waals surface area contributed by atoms with E-state index in [1.54, 1.807) is 0 Å². The molecule has 0 aliphatic carbocycles. The molecule has 0 unspecified atom stereocenters. The van der Waals surface area contributed by atoms with Crippen molar-refractivity contribution in [2.24, 2.45) is 0 Å². The minimum absolute atomic E-state index is 0.272. The van der Waals surface area contributed by atoms with Gasteiger partial charge in [0.15, 0.2) is 0 Å². The summed E-state index contributed by atoms with van der Waals surface area (Å²) in [5.41, 5.74) is 5.56. The standard InChI is InChI=1S/C26H26BN5O/c1-16-13-31(23-6-2-17(11-28)26-22(23)5-7-25(27)30-26)15-24-21-4-3-19(10-18(21)14-32(16)24)33-20-8-9-29-12-20/h2-7,10,16,20,24,29H,8-9,12-15H2,1H3/t16-,20+,24-/m1/s1. The van der Waals surface area contributed by atoms with E-state index in [4.69, 9.17) is 12.6 Å². The lowest BCUT2D eigenvalue weighted by molar-refractivity contribution is 0.134. The summed E-state index contributed by atoms with van der Waals surface area (Å²) in [6.07, 6.45) is 1.34. The Morgan fingerprint density at radius 3 is 2.91 bits per heavy atom. The minimum Gasteiger partial charge on any atom is -0.489 e. The topological polar surface area (TPSA) is 64.4 Å². The molecule has 33 heavy (non-hydrogen) atoms. The molecule has 2 aromatic carbocycles. The molecule has 1 N–H and O–H groups in total. The molecule has 3 aromatic rings. The van der Waals surface area contributed by atoms with E-state index in [1.165, 1.54) is 11.1 Å². The molecule has 3 aliphatic rings. The van der Waals surface area contributed by atoms with E-state index in [0.717, 1.165) is 56.0 Å². The number of benzene rings is 2. The van der Waals surface area contributed by atoms with Gasteiger partial charge in [0.25, 0.3) is 0 Å². The van der Waals surface area contributed by atoms with Crippen LogP contribution < -0.4 is 20.5 Å².